The lowest BCUT2D eigenvalue weighted by Crippen LogP contribution is -2.49. The third-order valence-corrected chi connectivity index (χ3v) is 5.82. The third kappa shape index (κ3) is 3.42. The Morgan fingerprint density at radius 1 is 0.875 bits per heavy atom. The summed E-state index contributed by atoms with van der Waals surface area (Å²) in [6.07, 6.45) is 7.39. The molecule has 0 saturated heterocycles. The fourth-order valence-corrected chi connectivity index (χ4v) is 4.43. The highest BCUT2D eigenvalue weighted by Crippen LogP contribution is 2.41. The monoisotopic (exact) mass is 321 g/mol. The van der Waals surface area contributed by atoms with E-state index in [2.05, 4.69) is 73.8 Å². The molecule has 0 spiro atoms. The number of hydrogen-bond donors (Lipinski definition) is 1. The second-order valence-electron chi connectivity index (χ2n) is 7.20. The summed E-state index contributed by atoms with van der Waals surface area (Å²) < 4.78 is 0. The van der Waals surface area contributed by atoms with Gasteiger partial charge in [0.25, 0.3) is 0 Å². The molecule has 1 aliphatic rings. The molecular weight excluding hydrogens is 290 g/mol. The van der Waals surface area contributed by atoms with E-state index < -0.39 is 0 Å². The van der Waals surface area contributed by atoms with E-state index in [1.807, 2.05) is 0 Å². The molecule has 1 N–H and O–H groups in total. The molecule has 0 heterocycles. The summed E-state index contributed by atoms with van der Waals surface area (Å²) >= 11 is 0. The number of nitrogens with one attached hydrogen (secondary N) is 1. The van der Waals surface area contributed by atoms with Crippen LogP contribution in [0.15, 0.2) is 54.6 Å². The molecule has 1 nitrogen and oxygen atoms in total. The number of rotatable bonds is 8. The van der Waals surface area contributed by atoms with E-state index in [9.17, 15) is 0 Å². The van der Waals surface area contributed by atoms with Crippen molar-refractivity contribution in [3.63, 3.8) is 0 Å². The Labute approximate surface area is 147 Å². The maximum Gasteiger partial charge on any atom is 0.0466 e. The maximum atomic E-state index is 4.01. The number of hydrogen-bond acceptors (Lipinski definition) is 1. The van der Waals surface area contributed by atoms with Gasteiger partial charge in [0.2, 0.25) is 0 Å². The molecule has 0 aliphatic heterocycles. The SMILES string of the molecule is CCCCCNC(CC)(c1ccccc1)C1Cc2ccccc2C1. The van der Waals surface area contributed by atoms with Crippen LogP contribution >= 0.6 is 0 Å². The predicted octanol–water partition coefficient (Wildman–Crippen LogP) is 5.49. The number of unbranched alkanes of at least 4 members (excludes halogenated alkanes) is 2. The Balaban J connectivity index is 1.87. The summed E-state index contributed by atoms with van der Waals surface area (Å²) in [5, 5.41) is 4.01. The van der Waals surface area contributed by atoms with Crippen molar-refractivity contribution >= 4 is 0 Å². The quantitative estimate of drug-likeness (QED) is 0.634. The summed E-state index contributed by atoms with van der Waals surface area (Å²) in [5.74, 6) is 0.643. The zero-order valence-electron chi connectivity index (χ0n) is 15.2. The second kappa shape index (κ2) is 7.98. The smallest absolute Gasteiger partial charge is 0.0466 e. The van der Waals surface area contributed by atoms with E-state index in [0.29, 0.717) is 5.92 Å². The van der Waals surface area contributed by atoms with Gasteiger partial charge in [-0.15, -0.1) is 0 Å². The Morgan fingerprint density at radius 3 is 2.08 bits per heavy atom. The first-order valence-corrected chi connectivity index (χ1v) is 9.67. The number of benzene rings is 2. The molecule has 1 unspecified atom stereocenters. The van der Waals surface area contributed by atoms with Gasteiger partial charge in [-0.2, -0.15) is 0 Å². The van der Waals surface area contributed by atoms with Crippen LogP contribution in [0.3, 0.4) is 0 Å². The van der Waals surface area contributed by atoms with Crippen LogP contribution in [0.4, 0.5) is 0 Å². The largest absolute Gasteiger partial charge is 0.307 e. The maximum absolute atomic E-state index is 4.01. The van der Waals surface area contributed by atoms with Gasteiger partial charge < -0.3 is 5.32 Å². The molecule has 0 fully saturated rings. The molecular formula is C23H31N. The van der Waals surface area contributed by atoms with Crippen molar-refractivity contribution in [1.29, 1.82) is 0 Å². The van der Waals surface area contributed by atoms with Gasteiger partial charge in [-0.05, 0) is 54.8 Å². The van der Waals surface area contributed by atoms with Gasteiger partial charge in [-0.1, -0.05) is 81.3 Å². The summed E-state index contributed by atoms with van der Waals surface area (Å²) in [6.45, 7) is 5.74. The molecule has 0 amide bonds. The van der Waals surface area contributed by atoms with E-state index >= 15 is 0 Å². The van der Waals surface area contributed by atoms with E-state index in [1.54, 1.807) is 11.1 Å². The summed E-state index contributed by atoms with van der Waals surface area (Å²) in [7, 11) is 0. The molecule has 0 radical (unpaired) electrons. The first kappa shape index (κ1) is 17.2. The van der Waals surface area contributed by atoms with Gasteiger partial charge in [0.1, 0.15) is 0 Å². The lowest BCUT2D eigenvalue weighted by atomic mass is 9.74. The molecule has 2 aromatic carbocycles. The minimum Gasteiger partial charge on any atom is -0.307 e. The normalized spacial score (nSPS) is 16.8. The summed E-state index contributed by atoms with van der Waals surface area (Å²) in [6, 6.07) is 20.2. The van der Waals surface area contributed by atoms with Crippen molar-refractivity contribution in [2.45, 2.75) is 57.9 Å². The zero-order valence-corrected chi connectivity index (χ0v) is 15.2. The van der Waals surface area contributed by atoms with Crippen molar-refractivity contribution in [2.75, 3.05) is 6.54 Å². The Bertz CT molecular complexity index is 608. The van der Waals surface area contributed by atoms with E-state index in [1.165, 1.54) is 37.7 Å². The molecule has 1 heteroatoms. The minimum atomic E-state index is 0.0913. The molecule has 128 valence electrons. The van der Waals surface area contributed by atoms with Gasteiger partial charge in [-0.25, -0.2) is 0 Å². The first-order chi connectivity index (χ1) is 11.8. The van der Waals surface area contributed by atoms with E-state index in [0.717, 1.165) is 13.0 Å². The highest BCUT2D eigenvalue weighted by atomic mass is 15.0. The van der Waals surface area contributed by atoms with Crippen LogP contribution in [0.5, 0.6) is 0 Å². The standard InChI is InChI=1S/C23H31N/c1-3-5-11-16-24-23(4-2,21-14-7-6-8-15-21)22-17-19-12-9-10-13-20(19)18-22/h6-10,12-15,22,24H,3-5,11,16-18H2,1-2H3. The Morgan fingerprint density at radius 2 is 1.50 bits per heavy atom. The highest BCUT2D eigenvalue weighted by Gasteiger charge is 2.41. The van der Waals surface area contributed by atoms with Crippen molar-refractivity contribution in [2.24, 2.45) is 5.92 Å². The number of fused-ring (bicyclic) bond motifs is 1. The van der Waals surface area contributed by atoms with E-state index in [-0.39, 0.29) is 5.54 Å². The molecule has 0 bridgehead atoms. The molecule has 3 rings (SSSR count). The van der Waals surface area contributed by atoms with Crippen LogP contribution in [0, 0.1) is 5.92 Å². The van der Waals surface area contributed by atoms with Crippen LogP contribution in [-0.4, -0.2) is 6.54 Å². The van der Waals surface area contributed by atoms with Gasteiger partial charge in [0.05, 0.1) is 0 Å². The van der Waals surface area contributed by atoms with Crippen LogP contribution in [0.2, 0.25) is 0 Å². The average molecular weight is 322 g/mol. The van der Waals surface area contributed by atoms with E-state index in [4.69, 9.17) is 0 Å². The Kier molecular flexibility index (Phi) is 5.73. The zero-order chi connectivity index (χ0) is 16.8. The van der Waals surface area contributed by atoms with Crippen LogP contribution in [0.25, 0.3) is 0 Å². The van der Waals surface area contributed by atoms with Gasteiger partial charge in [0.15, 0.2) is 0 Å². The topological polar surface area (TPSA) is 12.0 Å². The minimum absolute atomic E-state index is 0.0913. The molecule has 2 aromatic rings. The van der Waals surface area contributed by atoms with Crippen molar-refractivity contribution in [1.82, 2.24) is 5.32 Å². The third-order valence-electron chi connectivity index (χ3n) is 5.82. The van der Waals surface area contributed by atoms with Crippen molar-refractivity contribution in [3.8, 4) is 0 Å². The average Bonchev–Trinajstić information content (AvgIpc) is 3.07. The predicted molar refractivity (Wildman–Crippen MR) is 103 cm³/mol. The molecule has 0 aromatic heterocycles. The molecule has 0 saturated carbocycles. The van der Waals surface area contributed by atoms with Gasteiger partial charge >= 0.3 is 0 Å². The fraction of sp³-hybridized carbons (Fsp3) is 0.478. The Hall–Kier alpha value is -1.60. The lowest BCUT2D eigenvalue weighted by molar-refractivity contribution is 0.204. The van der Waals surface area contributed by atoms with Crippen molar-refractivity contribution in [3.05, 3.63) is 71.3 Å². The molecule has 1 atom stereocenters. The summed E-state index contributed by atoms with van der Waals surface area (Å²) in [4.78, 5) is 0. The lowest BCUT2D eigenvalue weighted by Gasteiger charge is -2.40. The molecule has 24 heavy (non-hydrogen) atoms. The van der Waals surface area contributed by atoms with Crippen molar-refractivity contribution < 1.29 is 0 Å². The van der Waals surface area contributed by atoms with Crippen LogP contribution < -0.4 is 5.32 Å². The second-order valence-corrected chi connectivity index (χ2v) is 7.20. The summed E-state index contributed by atoms with van der Waals surface area (Å²) in [5.41, 5.74) is 4.65. The fourth-order valence-electron chi connectivity index (χ4n) is 4.43. The highest BCUT2D eigenvalue weighted by molar-refractivity contribution is 5.36. The first-order valence-electron chi connectivity index (χ1n) is 9.67. The van der Waals surface area contributed by atoms with Crippen LogP contribution in [0.1, 0.15) is 56.2 Å². The van der Waals surface area contributed by atoms with Gasteiger partial charge in [0, 0.05) is 5.54 Å². The molecule has 1 aliphatic carbocycles. The van der Waals surface area contributed by atoms with Crippen LogP contribution in [-0.2, 0) is 18.4 Å². The van der Waals surface area contributed by atoms with Gasteiger partial charge in [-0.3, -0.25) is 0 Å².